The van der Waals surface area contributed by atoms with E-state index >= 15 is 0 Å². The van der Waals surface area contributed by atoms with Gasteiger partial charge in [0.05, 0.1) is 0 Å². The van der Waals surface area contributed by atoms with Crippen molar-refractivity contribution in [2.75, 3.05) is 0 Å². The van der Waals surface area contributed by atoms with Gasteiger partial charge in [0.2, 0.25) is 0 Å². The molecule has 1 fully saturated rings. The smallest absolute Gasteiger partial charge is 0.0167 e. The van der Waals surface area contributed by atoms with Crippen molar-refractivity contribution in [3.8, 4) is 0 Å². The first-order valence-corrected chi connectivity index (χ1v) is 6.34. The fourth-order valence-electron chi connectivity index (χ4n) is 3.44. The van der Waals surface area contributed by atoms with Gasteiger partial charge in [0.15, 0.2) is 0 Å². The molecular weight excluding hydrogens is 180 g/mol. The van der Waals surface area contributed by atoms with Crippen LogP contribution in [0.2, 0.25) is 0 Å². The van der Waals surface area contributed by atoms with E-state index in [2.05, 4.69) is 33.4 Å². The van der Waals surface area contributed by atoms with Crippen LogP contribution in [-0.4, -0.2) is 0 Å². The zero-order valence-corrected chi connectivity index (χ0v) is 10.5. The second-order valence-electron chi connectivity index (χ2n) is 6.19. The molecule has 0 heterocycles. The molecule has 1 saturated carbocycles. The second-order valence-corrected chi connectivity index (χ2v) is 6.19. The molecule has 0 N–H and O–H groups in total. The van der Waals surface area contributed by atoms with Gasteiger partial charge in [-0.15, -0.1) is 0 Å². The number of rotatable bonds is 0. The fraction of sp³-hybridized carbons (Fsp3) is 0.733. The molecule has 0 aromatic heterocycles. The maximum atomic E-state index is 4.30. The zero-order chi connectivity index (χ0) is 11.1. The van der Waals surface area contributed by atoms with Crippen molar-refractivity contribution in [1.82, 2.24) is 0 Å². The summed E-state index contributed by atoms with van der Waals surface area (Å²) in [5.41, 5.74) is 3.68. The van der Waals surface area contributed by atoms with Crippen LogP contribution < -0.4 is 0 Å². The van der Waals surface area contributed by atoms with Crippen molar-refractivity contribution in [2.24, 2.45) is 17.3 Å². The number of hydrogen-bond donors (Lipinski definition) is 0. The molecule has 0 nitrogen and oxygen atoms in total. The third kappa shape index (κ3) is 2.04. The van der Waals surface area contributed by atoms with Gasteiger partial charge in [-0.1, -0.05) is 37.6 Å². The summed E-state index contributed by atoms with van der Waals surface area (Å²) in [6.07, 6.45) is 8.90. The zero-order valence-electron chi connectivity index (χ0n) is 10.5. The first-order chi connectivity index (χ1) is 7.00. The van der Waals surface area contributed by atoms with Crippen LogP contribution in [0.4, 0.5) is 0 Å². The Kier molecular flexibility index (Phi) is 2.79. The van der Waals surface area contributed by atoms with Crippen molar-refractivity contribution in [3.05, 3.63) is 23.8 Å². The summed E-state index contributed by atoms with van der Waals surface area (Å²) in [5.74, 6) is 1.73. The highest BCUT2D eigenvalue weighted by Crippen LogP contribution is 2.56. The number of fused-ring (bicyclic) bond motifs is 1. The molecule has 0 heteroatoms. The molecule has 2 atom stereocenters. The molecule has 0 unspecified atom stereocenters. The third-order valence-electron chi connectivity index (χ3n) is 4.57. The molecule has 0 aliphatic heterocycles. The van der Waals surface area contributed by atoms with E-state index in [1.807, 2.05) is 0 Å². The second kappa shape index (κ2) is 3.81. The number of hydrogen-bond acceptors (Lipinski definition) is 0. The Labute approximate surface area is 94.5 Å². The van der Waals surface area contributed by atoms with Gasteiger partial charge in [0, 0.05) is 0 Å². The highest BCUT2D eigenvalue weighted by molar-refractivity contribution is 5.16. The van der Waals surface area contributed by atoms with E-state index in [0.717, 1.165) is 11.8 Å². The Bertz CT molecular complexity index is 293. The first kappa shape index (κ1) is 11.0. The summed E-state index contributed by atoms with van der Waals surface area (Å²) in [6, 6.07) is 0. The maximum Gasteiger partial charge on any atom is -0.0167 e. The lowest BCUT2D eigenvalue weighted by Gasteiger charge is -2.53. The van der Waals surface area contributed by atoms with Crippen molar-refractivity contribution in [3.63, 3.8) is 0 Å². The van der Waals surface area contributed by atoms with Crippen LogP contribution in [-0.2, 0) is 0 Å². The minimum absolute atomic E-state index is 0.568. The predicted molar refractivity (Wildman–Crippen MR) is 66.7 cm³/mol. The molecule has 0 bridgehead atoms. The molecule has 2 aliphatic carbocycles. The van der Waals surface area contributed by atoms with Crippen LogP contribution in [0.1, 0.15) is 52.9 Å². The van der Waals surface area contributed by atoms with Crippen LogP contribution in [0.3, 0.4) is 0 Å². The van der Waals surface area contributed by atoms with Crippen LogP contribution in [0.25, 0.3) is 0 Å². The monoisotopic (exact) mass is 204 g/mol. The molecule has 2 aliphatic rings. The van der Waals surface area contributed by atoms with Gasteiger partial charge in [-0.2, -0.15) is 0 Å². The molecule has 2 rings (SSSR count). The summed E-state index contributed by atoms with van der Waals surface area (Å²) in [6.45, 7) is 11.4. The minimum Gasteiger partial charge on any atom is -0.0996 e. The summed E-state index contributed by atoms with van der Waals surface area (Å²) in [5, 5.41) is 0. The molecule has 0 aromatic rings. The first-order valence-electron chi connectivity index (χ1n) is 6.34. The summed E-state index contributed by atoms with van der Waals surface area (Å²) < 4.78 is 0. The Balaban J connectivity index is 2.12. The molecule has 0 aromatic carbocycles. The van der Waals surface area contributed by atoms with Crippen molar-refractivity contribution < 1.29 is 0 Å². The lowest BCUT2D eigenvalue weighted by atomic mass is 9.52. The van der Waals surface area contributed by atoms with Gasteiger partial charge >= 0.3 is 0 Å². The van der Waals surface area contributed by atoms with Crippen molar-refractivity contribution in [2.45, 2.75) is 52.9 Å². The largest absolute Gasteiger partial charge is 0.0996 e. The molecule has 15 heavy (non-hydrogen) atoms. The molecule has 0 spiro atoms. The highest BCUT2D eigenvalue weighted by Gasteiger charge is 2.47. The van der Waals surface area contributed by atoms with Gasteiger partial charge < -0.3 is 0 Å². The molecular formula is C15H24. The molecule has 0 saturated heterocycles. The van der Waals surface area contributed by atoms with Gasteiger partial charge in [-0.05, 0) is 56.3 Å². The van der Waals surface area contributed by atoms with E-state index in [1.54, 1.807) is 5.57 Å². The minimum atomic E-state index is 0.568. The molecule has 0 radical (unpaired) electrons. The highest BCUT2D eigenvalue weighted by atomic mass is 14.5. The summed E-state index contributed by atoms with van der Waals surface area (Å²) in [4.78, 5) is 0. The van der Waals surface area contributed by atoms with Crippen LogP contribution in [0.5, 0.6) is 0 Å². The van der Waals surface area contributed by atoms with E-state index in [0.29, 0.717) is 5.41 Å². The van der Waals surface area contributed by atoms with E-state index in [-0.39, 0.29) is 0 Å². The van der Waals surface area contributed by atoms with Gasteiger partial charge in [-0.3, -0.25) is 0 Å². The molecule has 84 valence electrons. The van der Waals surface area contributed by atoms with E-state index < -0.39 is 0 Å². The quantitative estimate of drug-likeness (QED) is 0.501. The Morgan fingerprint density at radius 1 is 1.33 bits per heavy atom. The van der Waals surface area contributed by atoms with Crippen LogP contribution >= 0.6 is 0 Å². The lowest BCUT2D eigenvalue weighted by molar-refractivity contribution is 0.00384. The van der Waals surface area contributed by atoms with Crippen LogP contribution in [0.15, 0.2) is 23.8 Å². The SMILES string of the molecule is C=C1CCC=C(C)CC[C@H]2[C@@H]1CC2(C)C. The summed E-state index contributed by atoms with van der Waals surface area (Å²) in [7, 11) is 0. The van der Waals surface area contributed by atoms with Gasteiger partial charge in [-0.25, -0.2) is 0 Å². The van der Waals surface area contributed by atoms with E-state index in [1.165, 1.54) is 37.7 Å². The number of allylic oxidation sites excluding steroid dienone is 3. The van der Waals surface area contributed by atoms with Gasteiger partial charge in [0.1, 0.15) is 0 Å². The standard InChI is InChI=1S/C15H24/c1-11-6-5-7-12(2)13-10-15(3,4)14(13)9-8-11/h6,13-14H,2,5,7-10H2,1,3-4H3/t13-,14+/m1/s1. The maximum absolute atomic E-state index is 4.30. The third-order valence-corrected chi connectivity index (χ3v) is 4.57. The average molecular weight is 204 g/mol. The topological polar surface area (TPSA) is 0 Å². The fourth-order valence-corrected chi connectivity index (χ4v) is 3.44. The van der Waals surface area contributed by atoms with Crippen molar-refractivity contribution >= 4 is 0 Å². The Hall–Kier alpha value is -0.520. The Morgan fingerprint density at radius 2 is 2.07 bits per heavy atom. The van der Waals surface area contributed by atoms with Gasteiger partial charge in [0.25, 0.3) is 0 Å². The van der Waals surface area contributed by atoms with Crippen LogP contribution in [0, 0.1) is 17.3 Å². The normalized spacial score (nSPS) is 35.4. The molecule has 0 amide bonds. The lowest BCUT2D eigenvalue weighted by Crippen LogP contribution is -2.44. The average Bonchev–Trinajstić information content (AvgIpc) is 2.18. The predicted octanol–water partition coefficient (Wildman–Crippen LogP) is 4.73. The van der Waals surface area contributed by atoms with Crippen molar-refractivity contribution in [1.29, 1.82) is 0 Å². The summed E-state index contributed by atoms with van der Waals surface area (Å²) >= 11 is 0. The van der Waals surface area contributed by atoms with E-state index in [9.17, 15) is 0 Å². The Morgan fingerprint density at radius 3 is 2.73 bits per heavy atom. The van der Waals surface area contributed by atoms with E-state index in [4.69, 9.17) is 0 Å².